The summed E-state index contributed by atoms with van der Waals surface area (Å²) in [5.74, 6) is -0.295. The van der Waals surface area contributed by atoms with E-state index >= 15 is 0 Å². The molecule has 4 nitrogen and oxygen atoms in total. The van der Waals surface area contributed by atoms with Crippen molar-refractivity contribution in [1.82, 2.24) is 5.32 Å². The van der Waals surface area contributed by atoms with E-state index in [2.05, 4.69) is 12.2 Å². The zero-order valence-corrected chi connectivity index (χ0v) is 11.9. The van der Waals surface area contributed by atoms with Crippen LogP contribution in [0.25, 0.3) is 0 Å². The molecule has 1 aromatic carbocycles. The van der Waals surface area contributed by atoms with Crippen molar-refractivity contribution < 1.29 is 14.3 Å². The third-order valence-electron chi connectivity index (χ3n) is 2.93. The van der Waals surface area contributed by atoms with Gasteiger partial charge in [0.15, 0.2) is 5.54 Å². The van der Waals surface area contributed by atoms with E-state index in [4.69, 9.17) is 9.47 Å². The van der Waals surface area contributed by atoms with Gasteiger partial charge in [0.25, 0.3) is 0 Å². The van der Waals surface area contributed by atoms with Crippen molar-refractivity contribution in [3.8, 4) is 0 Å². The first kappa shape index (κ1) is 15.7. The Labute approximate surface area is 115 Å². The second-order valence-electron chi connectivity index (χ2n) is 4.35. The van der Waals surface area contributed by atoms with Crippen molar-refractivity contribution in [1.29, 1.82) is 0 Å². The highest BCUT2D eigenvalue weighted by Gasteiger charge is 2.41. The van der Waals surface area contributed by atoms with E-state index in [1.54, 1.807) is 14.0 Å². The van der Waals surface area contributed by atoms with E-state index in [1.165, 1.54) is 0 Å². The van der Waals surface area contributed by atoms with Crippen molar-refractivity contribution >= 4 is 5.97 Å². The minimum atomic E-state index is -0.929. The first-order valence-electron chi connectivity index (χ1n) is 6.68. The van der Waals surface area contributed by atoms with Crippen molar-refractivity contribution in [2.75, 3.05) is 26.9 Å². The number of methoxy groups -OCH3 is 1. The number of nitrogens with one attached hydrogen (secondary N) is 1. The summed E-state index contributed by atoms with van der Waals surface area (Å²) in [6.45, 7) is 5.18. The van der Waals surface area contributed by atoms with Gasteiger partial charge >= 0.3 is 5.97 Å². The number of carbonyl (C=O) groups is 1. The Balaban J connectivity index is 3.14. The minimum absolute atomic E-state index is 0.246. The zero-order valence-electron chi connectivity index (χ0n) is 11.9. The molecular weight excluding hydrogens is 242 g/mol. The first-order chi connectivity index (χ1) is 9.21. The van der Waals surface area contributed by atoms with Crippen LogP contribution in [-0.2, 0) is 19.8 Å². The summed E-state index contributed by atoms with van der Waals surface area (Å²) in [6, 6.07) is 9.57. The molecule has 1 atom stereocenters. The largest absolute Gasteiger partial charge is 0.464 e. The fourth-order valence-electron chi connectivity index (χ4n) is 2.02. The van der Waals surface area contributed by atoms with Crippen molar-refractivity contribution in [3.05, 3.63) is 35.9 Å². The summed E-state index contributed by atoms with van der Waals surface area (Å²) in [7, 11) is 1.59. The van der Waals surface area contributed by atoms with Crippen molar-refractivity contribution in [2.45, 2.75) is 25.8 Å². The van der Waals surface area contributed by atoms with Crippen LogP contribution in [0.4, 0.5) is 0 Å². The molecule has 0 radical (unpaired) electrons. The number of hydrogen-bond donors (Lipinski definition) is 1. The number of rotatable bonds is 8. The normalized spacial score (nSPS) is 13.8. The average Bonchev–Trinajstić information content (AvgIpc) is 2.44. The van der Waals surface area contributed by atoms with Crippen LogP contribution in [0.2, 0.25) is 0 Å². The maximum atomic E-state index is 12.4. The highest BCUT2D eigenvalue weighted by Crippen LogP contribution is 2.23. The van der Waals surface area contributed by atoms with Crippen LogP contribution in [0, 0.1) is 0 Å². The second kappa shape index (κ2) is 7.92. The Morgan fingerprint density at radius 1 is 1.26 bits per heavy atom. The molecule has 0 heterocycles. The van der Waals surface area contributed by atoms with Gasteiger partial charge in [0.2, 0.25) is 0 Å². The number of benzene rings is 1. The molecule has 0 aliphatic rings. The summed E-state index contributed by atoms with van der Waals surface area (Å²) in [6.07, 6.45) is 0.928. The molecule has 1 unspecified atom stereocenters. The lowest BCUT2D eigenvalue weighted by molar-refractivity contribution is -0.154. The smallest absolute Gasteiger partial charge is 0.333 e. The fraction of sp³-hybridized carbons (Fsp3) is 0.533. The fourth-order valence-corrected chi connectivity index (χ4v) is 2.02. The number of esters is 1. The standard InChI is InChI=1S/C15H23NO3/c1-4-11-16-15(12-18-3,14(17)19-5-2)13-9-7-6-8-10-13/h6-10,16H,4-5,11-12H2,1-3H3. The van der Waals surface area contributed by atoms with Gasteiger partial charge in [-0.25, -0.2) is 4.79 Å². The van der Waals surface area contributed by atoms with E-state index in [-0.39, 0.29) is 12.6 Å². The van der Waals surface area contributed by atoms with Crippen LogP contribution in [-0.4, -0.2) is 32.8 Å². The molecule has 0 amide bonds. The molecule has 0 bridgehead atoms. The average molecular weight is 265 g/mol. The predicted molar refractivity (Wildman–Crippen MR) is 74.9 cm³/mol. The molecular formula is C15H23NO3. The second-order valence-corrected chi connectivity index (χ2v) is 4.35. The third-order valence-corrected chi connectivity index (χ3v) is 2.93. The molecule has 1 aromatic rings. The van der Waals surface area contributed by atoms with Gasteiger partial charge in [-0.05, 0) is 25.5 Å². The van der Waals surface area contributed by atoms with Gasteiger partial charge in [-0.3, -0.25) is 5.32 Å². The lowest BCUT2D eigenvalue weighted by Crippen LogP contribution is -2.53. The van der Waals surface area contributed by atoms with E-state index in [1.807, 2.05) is 30.3 Å². The van der Waals surface area contributed by atoms with Crippen LogP contribution < -0.4 is 5.32 Å². The lowest BCUT2D eigenvalue weighted by atomic mass is 9.90. The molecule has 0 aliphatic carbocycles. The number of carbonyl (C=O) groups excluding carboxylic acids is 1. The molecule has 1 rings (SSSR count). The van der Waals surface area contributed by atoms with Gasteiger partial charge in [0.05, 0.1) is 13.2 Å². The maximum absolute atomic E-state index is 12.4. The summed E-state index contributed by atoms with van der Waals surface area (Å²) in [4.78, 5) is 12.4. The minimum Gasteiger partial charge on any atom is -0.464 e. The Hall–Kier alpha value is -1.39. The highest BCUT2D eigenvalue weighted by molar-refractivity contribution is 5.83. The monoisotopic (exact) mass is 265 g/mol. The predicted octanol–water partition coefficient (Wildman–Crippen LogP) is 2.09. The van der Waals surface area contributed by atoms with Gasteiger partial charge in [0, 0.05) is 7.11 Å². The maximum Gasteiger partial charge on any atom is 0.333 e. The summed E-state index contributed by atoms with van der Waals surface area (Å²) >= 11 is 0. The van der Waals surface area contributed by atoms with Crippen molar-refractivity contribution in [2.24, 2.45) is 0 Å². The van der Waals surface area contributed by atoms with Gasteiger partial charge < -0.3 is 9.47 Å². The molecule has 0 saturated carbocycles. The SMILES string of the molecule is CCCNC(COC)(C(=O)OCC)c1ccccc1. The van der Waals surface area contributed by atoms with Crippen molar-refractivity contribution in [3.63, 3.8) is 0 Å². The van der Waals surface area contributed by atoms with Gasteiger partial charge in [-0.1, -0.05) is 37.3 Å². The van der Waals surface area contributed by atoms with Crippen LogP contribution in [0.3, 0.4) is 0 Å². The summed E-state index contributed by atoms with van der Waals surface area (Å²) in [5.41, 5.74) is -0.0640. The zero-order chi connectivity index (χ0) is 14.1. The molecule has 0 aromatic heterocycles. The van der Waals surface area contributed by atoms with Gasteiger partial charge in [0.1, 0.15) is 0 Å². The molecule has 4 heteroatoms. The van der Waals surface area contributed by atoms with E-state index < -0.39 is 5.54 Å². The number of hydrogen-bond acceptors (Lipinski definition) is 4. The molecule has 19 heavy (non-hydrogen) atoms. The first-order valence-corrected chi connectivity index (χ1v) is 6.68. The molecule has 106 valence electrons. The molecule has 0 spiro atoms. The highest BCUT2D eigenvalue weighted by atomic mass is 16.5. The molecule has 0 fully saturated rings. The lowest BCUT2D eigenvalue weighted by Gasteiger charge is -2.32. The van der Waals surface area contributed by atoms with E-state index in [0.717, 1.165) is 18.5 Å². The van der Waals surface area contributed by atoms with Crippen LogP contribution in [0.5, 0.6) is 0 Å². The van der Waals surface area contributed by atoms with Gasteiger partial charge in [-0.15, -0.1) is 0 Å². The van der Waals surface area contributed by atoms with E-state index in [0.29, 0.717) is 6.61 Å². The Morgan fingerprint density at radius 3 is 2.47 bits per heavy atom. The number of ether oxygens (including phenoxy) is 2. The molecule has 0 aliphatic heterocycles. The Bertz CT molecular complexity index is 380. The van der Waals surface area contributed by atoms with Gasteiger partial charge in [-0.2, -0.15) is 0 Å². The third kappa shape index (κ3) is 3.78. The molecule has 1 N–H and O–H groups in total. The van der Waals surface area contributed by atoms with Crippen LogP contribution in [0.15, 0.2) is 30.3 Å². The topological polar surface area (TPSA) is 47.6 Å². The van der Waals surface area contributed by atoms with Crippen LogP contribution in [0.1, 0.15) is 25.8 Å². The van der Waals surface area contributed by atoms with E-state index in [9.17, 15) is 4.79 Å². The summed E-state index contributed by atoms with van der Waals surface area (Å²) < 4.78 is 10.5. The summed E-state index contributed by atoms with van der Waals surface area (Å²) in [5, 5.41) is 3.29. The Morgan fingerprint density at radius 2 is 1.95 bits per heavy atom. The Kier molecular flexibility index (Phi) is 6.53. The van der Waals surface area contributed by atoms with Crippen LogP contribution >= 0.6 is 0 Å². The quantitative estimate of drug-likeness (QED) is 0.731. The molecule has 0 saturated heterocycles.